The summed E-state index contributed by atoms with van der Waals surface area (Å²) in [6.07, 6.45) is 1.99. The largest absolute Gasteiger partial charge is 0.495 e. The highest BCUT2D eigenvalue weighted by molar-refractivity contribution is 5.99. The number of benzene rings is 2. The molecule has 1 aliphatic rings. The molecule has 3 amide bonds. The number of likely N-dealkylation sites (tertiary alicyclic amines) is 1. The number of amides is 3. The van der Waals surface area contributed by atoms with Crippen molar-refractivity contribution < 1.29 is 19.1 Å². The molecule has 190 valence electrons. The van der Waals surface area contributed by atoms with Crippen LogP contribution in [0.5, 0.6) is 5.75 Å². The van der Waals surface area contributed by atoms with Gasteiger partial charge in [-0.2, -0.15) is 0 Å². The summed E-state index contributed by atoms with van der Waals surface area (Å²) in [5, 5.41) is 5.64. The number of carbonyl (C=O) groups is 3. The lowest BCUT2D eigenvalue weighted by Gasteiger charge is -2.24. The monoisotopic (exact) mass is 498 g/mol. The summed E-state index contributed by atoms with van der Waals surface area (Å²) in [5.41, 5.74) is 9.15. The highest BCUT2D eigenvalue weighted by Gasteiger charge is 2.30. The number of nitrogens with two attached hydrogens (primary N) is 1. The molecule has 1 aliphatic heterocycles. The molecule has 1 heterocycles. The fraction of sp³-hybridized carbons (Fsp3) is 0.276. The number of nitrogens with one attached hydrogen (secondary N) is 2. The maximum Gasteiger partial charge on any atom is 0.260 e. The van der Waals surface area contributed by atoms with Crippen LogP contribution in [0.25, 0.3) is 11.1 Å². The molecule has 1 atom stereocenters. The van der Waals surface area contributed by atoms with Crippen molar-refractivity contribution in [1.82, 2.24) is 10.2 Å². The van der Waals surface area contributed by atoms with Crippen LogP contribution in [0, 0.1) is 12.1 Å². The van der Waals surface area contributed by atoms with Gasteiger partial charge in [-0.25, -0.2) is 0 Å². The fourth-order valence-corrected chi connectivity index (χ4v) is 4.28. The molecule has 37 heavy (non-hydrogen) atoms. The topological polar surface area (TPSA) is 114 Å². The van der Waals surface area contributed by atoms with E-state index in [1.54, 1.807) is 24.3 Å². The van der Waals surface area contributed by atoms with E-state index in [9.17, 15) is 14.4 Å². The van der Waals surface area contributed by atoms with Crippen LogP contribution in [-0.4, -0.2) is 48.9 Å². The van der Waals surface area contributed by atoms with Gasteiger partial charge in [-0.15, -0.1) is 0 Å². The molecule has 0 aliphatic carbocycles. The normalized spacial score (nSPS) is 15.4. The summed E-state index contributed by atoms with van der Waals surface area (Å²) < 4.78 is 5.32. The van der Waals surface area contributed by atoms with E-state index >= 15 is 0 Å². The minimum absolute atomic E-state index is 0.132. The summed E-state index contributed by atoms with van der Waals surface area (Å²) in [5.74, 6) is -0.533. The van der Waals surface area contributed by atoms with Gasteiger partial charge in [-0.05, 0) is 54.7 Å². The van der Waals surface area contributed by atoms with Gasteiger partial charge in [0.25, 0.3) is 5.91 Å². The second-order valence-electron chi connectivity index (χ2n) is 8.85. The summed E-state index contributed by atoms with van der Waals surface area (Å²) in [6.45, 7) is 0.625. The molecule has 4 rings (SSSR count). The molecular formula is C29H30N4O4. The van der Waals surface area contributed by atoms with Crippen LogP contribution in [0.3, 0.4) is 0 Å². The molecule has 8 nitrogen and oxygen atoms in total. The van der Waals surface area contributed by atoms with E-state index in [2.05, 4.69) is 22.8 Å². The number of methoxy groups -OCH3 is 1. The molecule has 1 unspecified atom stereocenters. The Labute approximate surface area is 216 Å². The molecule has 1 saturated heterocycles. The van der Waals surface area contributed by atoms with Gasteiger partial charge in [0.05, 0.1) is 24.9 Å². The van der Waals surface area contributed by atoms with E-state index in [1.165, 1.54) is 12.0 Å². The Bertz CT molecular complexity index is 1240. The summed E-state index contributed by atoms with van der Waals surface area (Å²) in [4.78, 5) is 40.4. The summed E-state index contributed by atoms with van der Waals surface area (Å²) >= 11 is 0. The average molecular weight is 499 g/mol. The zero-order valence-electron chi connectivity index (χ0n) is 20.8. The molecule has 3 aromatic carbocycles. The molecule has 0 spiro atoms. The second-order valence-corrected chi connectivity index (χ2v) is 8.85. The average Bonchev–Trinajstić information content (AvgIpc) is 3.10. The maximum atomic E-state index is 13.2. The van der Waals surface area contributed by atoms with Crippen molar-refractivity contribution in [3.8, 4) is 16.9 Å². The minimum atomic E-state index is -0.722. The third-order valence-electron chi connectivity index (χ3n) is 6.27. The molecule has 4 N–H and O–H groups in total. The van der Waals surface area contributed by atoms with E-state index in [0.717, 1.165) is 29.5 Å². The van der Waals surface area contributed by atoms with Crippen LogP contribution in [-0.2, 0) is 16.1 Å². The van der Waals surface area contributed by atoms with Crippen molar-refractivity contribution in [2.45, 2.75) is 31.8 Å². The summed E-state index contributed by atoms with van der Waals surface area (Å²) in [7, 11) is 1.52. The highest BCUT2D eigenvalue weighted by atomic mass is 16.5. The zero-order chi connectivity index (χ0) is 26.2. The first-order valence-corrected chi connectivity index (χ1v) is 12.2. The number of anilines is 1. The molecule has 0 bridgehead atoms. The zero-order valence-corrected chi connectivity index (χ0v) is 20.8. The van der Waals surface area contributed by atoms with Crippen molar-refractivity contribution in [3.63, 3.8) is 0 Å². The number of carbonyl (C=O) groups excluding carboxylic acids is 3. The summed E-state index contributed by atoms with van der Waals surface area (Å²) in [6, 6.07) is 23.7. The van der Waals surface area contributed by atoms with E-state index in [1.807, 2.05) is 36.4 Å². The van der Waals surface area contributed by atoms with Crippen molar-refractivity contribution in [2.75, 3.05) is 25.5 Å². The van der Waals surface area contributed by atoms with Gasteiger partial charge < -0.3 is 26.0 Å². The number of hydrogen-bond acceptors (Lipinski definition) is 5. The van der Waals surface area contributed by atoms with Gasteiger partial charge in [-0.3, -0.25) is 14.4 Å². The Morgan fingerprint density at radius 2 is 1.89 bits per heavy atom. The lowest BCUT2D eigenvalue weighted by atomic mass is 10.1. The van der Waals surface area contributed by atoms with Gasteiger partial charge >= 0.3 is 0 Å². The van der Waals surface area contributed by atoms with Gasteiger partial charge in [0.2, 0.25) is 11.8 Å². The van der Waals surface area contributed by atoms with Crippen molar-refractivity contribution in [3.05, 3.63) is 83.9 Å². The number of rotatable bonds is 8. The molecule has 0 aromatic heterocycles. The quantitative estimate of drug-likeness (QED) is 0.442. The molecule has 8 heteroatoms. The van der Waals surface area contributed by atoms with Crippen LogP contribution >= 0.6 is 0 Å². The van der Waals surface area contributed by atoms with Gasteiger partial charge in [0, 0.05) is 18.7 Å². The molecular weight excluding hydrogens is 468 g/mol. The second kappa shape index (κ2) is 12.1. The van der Waals surface area contributed by atoms with Crippen LogP contribution in [0.1, 0.15) is 35.2 Å². The third kappa shape index (κ3) is 6.46. The Morgan fingerprint density at radius 1 is 1.08 bits per heavy atom. The van der Waals surface area contributed by atoms with Gasteiger partial charge in [-0.1, -0.05) is 48.5 Å². The first-order valence-electron chi connectivity index (χ1n) is 12.2. The predicted octanol–water partition coefficient (Wildman–Crippen LogP) is 3.17. The molecule has 0 radical (unpaired) electrons. The first-order chi connectivity index (χ1) is 18.0. The highest BCUT2D eigenvalue weighted by Crippen LogP contribution is 2.25. The van der Waals surface area contributed by atoms with E-state index in [-0.39, 0.29) is 18.4 Å². The molecule has 0 saturated carbocycles. The Hall–Kier alpha value is -4.35. The van der Waals surface area contributed by atoms with Crippen LogP contribution in [0.2, 0.25) is 0 Å². The van der Waals surface area contributed by atoms with Crippen LogP contribution in [0.4, 0.5) is 5.69 Å². The van der Waals surface area contributed by atoms with Gasteiger partial charge in [0.1, 0.15) is 11.8 Å². The Balaban J connectivity index is 1.39. The van der Waals surface area contributed by atoms with Crippen LogP contribution < -0.4 is 21.1 Å². The maximum absolute atomic E-state index is 13.2. The van der Waals surface area contributed by atoms with E-state index < -0.39 is 11.9 Å². The van der Waals surface area contributed by atoms with E-state index in [4.69, 9.17) is 10.5 Å². The van der Waals surface area contributed by atoms with Crippen molar-refractivity contribution in [2.24, 2.45) is 5.73 Å². The SMILES string of the molecule is COc1ccc(CN)cc1NC(=O)CN1CCCCC(NC(=O)c2c#cc(-c3ccccc3)cc2)C1=O. The van der Waals surface area contributed by atoms with Crippen LogP contribution in [0.15, 0.2) is 60.7 Å². The molecule has 3 aromatic rings. The first kappa shape index (κ1) is 25.7. The number of ether oxygens (including phenoxy) is 1. The fourth-order valence-electron chi connectivity index (χ4n) is 4.28. The Kier molecular flexibility index (Phi) is 8.39. The van der Waals surface area contributed by atoms with E-state index in [0.29, 0.717) is 36.5 Å². The lowest BCUT2D eigenvalue weighted by Crippen LogP contribution is -2.49. The Morgan fingerprint density at radius 3 is 2.59 bits per heavy atom. The standard InChI is InChI=1S/C29H30N4O4/c1-37-26-15-10-20(18-30)17-25(26)31-27(34)19-33-16-6-5-9-24(29(33)36)32-28(35)23-13-11-22(12-14-23)21-7-3-2-4-8-21/h2-4,7-8,10-11,13,15,17,24H,5-6,9,16,18-19,30H2,1H3,(H,31,34)(H,32,35). The number of hydrogen-bond donors (Lipinski definition) is 3. The third-order valence-corrected chi connectivity index (χ3v) is 6.27. The molecule has 1 fully saturated rings. The smallest absolute Gasteiger partial charge is 0.260 e. The minimum Gasteiger partial charge on any atom is -0.495 e. The lowest BCUT2D eigenvalue weighted by molar-refractivity contribution is -0.135. The van der Waals surface area contributed by atoms with Crippen molar-refractivity contribution in [1.29, 1.82) is 0 Å². The predicted molar refractivity (Wildman–Crippen MR) is 141 cm³/mol. The number of nitrogens with zero attached hydrogens (tertiary/aromatic N) is 1. The van der Waals surface area contributed by atoms with Crippen molar-refractivity contribution >= 4 is 23.4 Å². The van der Waals surface area contributed by atoms with Gasteiger partial charge in [0.15, 0.2) is 0 Å².